The van der Waals surface area contributed by atoms with Crippen molar-refractivity contribution in [3.8, 4) is 0 Å². The Labute approximate surface area is 96.1 Å². The van der Waals surface area contributed by atoms with E-state index < -0.39 is 0 Å². The molecule has 16 heavy (non-hydrogen) atoms. The maximum atomic E-state index is 9.43. The second-order valence-electron chi connectivity index (χ2n) is 4.52. The molecule has 88 valence electrons. The predicted molar refractivity (Wildman–Crippen MR) is 61.8 cm³/mol. The van der Waals surface area contributed by atoms with Crippen LogP contribution in [-0.2, 0) is 0 Å². The van der Waals surface area contributed by atoms with E-state index in [9.17, 15) is 5.11 Å². The summed E-state index contributed by atoms with van der Waals surface area (Å²) in [6.07, 6.45) is 9.03. The van der Waals surface area contributed by atoms with Crippen LogP contribution in [0, 0.1) is 0 Å². The zero-order valence-electron chi connectivity index (χ0n) is 9.63. The summed E-state index contributed by atoms with van der Waals surface area (Å²) >= 11 is 0. The van der Waals surface area contributed by atoms with E-state index in [-0.39, 0.29) is 12.1 Å². The van der Waals surface area contributed by atoms with Crippen LogP contribution in [0.3, 0.4) is 0 Å². The first-order chi connectivity index (χ1) is 7.75. The molecule has 4 nitrogen and oxygen atoms in total. The van der Waals surface area contributed by atoms with E-state index in [0.29, 0.717) is 6.04 Å². The molecule has 0 spiro atoms. The van der Waals surface area contributed by atoms with Gasteiger partial charge in [0.25, 0.3) is 0 Å². The van der Waals surface area contributed by atoms with Gasteiger partial charge in [0.15, 0.2) is 0 Å². The summed E-state index contributed by atoms with van der Waals surface area (Å²) in [5.41, 5.74) is 0.980. The minimum absolute atomic E-state index is 0.0927. The Bertz CT molecular complexity index is 309. The lowest BCUT2D eigenvalue weighted by atomic mass is 9.92. The lowest BCUT2D eigenvalue weighted by Crippen LogP contribution is -2.36. The molecule has 1 fully saturated rings. The molecule has 0 amide bonds. The van der Waals surface area contributed by atoms with Crippen LogP contribution in [-0.4, -0.2) is 27.2 Å². The lowest BCUT2D eigenvalue weighted by molar-refractivity contribution is 0.114. The molecule has 2 rings (SSSR count). The Morgan fingerprint density at radius 1 is 1.31 bits per heavy atom. The fourth-order valence-electron chi connectivity index (χ4n) is 2.22. The Hall–Kier alpha value is -1.00. The molecule has 2 N–H and O–H groups in total. The van der Waals surface area contributed by atoms with E-state index in [2.05, 4.69) is 22.2 Å². The maximum absolute atomic E-state index is 9.43. The van der Waals surface area contributed by atoms with Crippen molar-refractivity contribution in [3.63, 3.8) is 0 Å². The van der Waals surface area contributed by atoms with Gasteiger partial charge in [-0.2, -0.15) is 0 Å². The topological polar surface area (TPSA) is 58.0 Å². The molecule has 1 heterocycles. The third-order valence-electron chi connectivity index (χ3n) is 3.21. The first-order valence-corrected chi connectivity index (χ1v) is 5.95. The van der Waals surface area contributed by atoms with Crippen LogP contribution in [0.25, 0.3) is 0 Å². The second kappa shape index (κ2) is 5.37. The third kappa shape index (κ3) is 3.00. The van der Waals surface area contributed by atoms with Gasteiger partial charge in [-0.25, -0.2) is 0 Å². The van der Waals surface area contributed by atoms with Crippen LogP contribution < -0.4 is 5.32 Å². The Kier molecular flexibility index (Phi) is 3.85. The average molecular weight is 221 g/mol. The Morgan fingerprint density at radius 2 is 2.06 bits per heavy atom. The monoisotopic (exact) mass is 221 g/mol. The summed E-state index contributed by atoms with van der Waals surface area (Å²) in [4.78, 5) is 8.35. The number of nitrogens with zero attached hydrogens (tertiary/aromatic N) is 2. The van der Waals surface area contributed by atoms with E-state index in [1.165, 1.54) is 0 Å². The van der Waals surface area contributed by atoms with Gasteiger partial charge in [-0.1, -0.05) is 0 Å². The molecule has 0 aromatic carbocycles. The van der Waals surface area contributed by atoms with Crippen molar-refractivity contribution < 1.29 is 5.11 Å². The van der Waals surface area contributed by atoms with Crippen LogP contribution in [0.15, 0.2) is 18.6 Å². The van der Waals surface area contributed by atoms with Gasteiger partial charge in [0, 0.05) is 30.7 Å². The molecule has 1 aromatic heterocycles. The van der Waals surface area contributed by atoms with Crippen molar-refractivity contribution in [2.24, 2.45) is 0 Å². The van der Waals surface area contributed by atoms with Gasteiger partial charge < -0.3 is 10.4 Å². The number of aromatic nitrogens is 2. The van der Waals surface area contributed by atoms with Gasteiger partial charge >= 0.3 is 0 Å². The molecule has 4 heteroatoms. The molecule has 0 saturated heterocycles. The molecule has 1 saturated carbocycles. The van der Waals surface area contributed by atoms with Crippen LogP contribution >= 0.6 is 0 Å². The van der Waals surface area contributed by atoms with E-state index in [0.717, 1.165) is 31.4 Å². The smallest absolute Gasteiger partial charge is 0.0753 e. The summed E-state index contributed by atoms with van der Waals surface area (Å²) in [5, 5.41) is 13.0. The summed E-state index contributed by atoms with van der Waals surface area (Å²) in [6, 6.07) is 0.731. The summed E-state index contributed by atoms with van der Waals surface area (Å²) < 4.78 is 0. The van der Waals surface area contributed by atoms with E-state index in [4.69, 9.17) is 0 Å². The number of hydrogen-bond acceptors (Lipinski definition) is 4. The fourth-order valence-corrected chi connectivity index (χ4v) is 2.22. The number of hydrogen-bond donors (Lipinski definition) is 2. The van der Waals surface area contributed by atoms with Gasteiger partial charge in [-0.3, -0.25) is 9.97 Å². The molecule has 1 aliphatic carbocycles. The molecule has 0 radical (unpaired) electrons. The van der Waals surface area contributed by atoms with Crippen molar-refractivity contribution in [1.82, 2.24) is 15.3 Å². The molecule has 1 aliphatic rings. The second-order valence-corrected chi connectivity index (χ2v) is 4.52. The minimum atomic E-state index is -0.0927. The van der Waals surface area contributed by atoms with Gasteiger partial charge in [0.05, 0.1) is 11.8 Å². The van der Waals surface area contributed by atoms with Crippen molar-refractivity contribution in [2.45, 2.75) is 50.8 Å². The molecule has 1 unspecified atom stereocenters. The Morgan fingerprint density at radius 3 is 2.69 bits per heavy atom. The fraction of sp³-hybridized carbons (Fsp3) is 0.667. The highest BCUT2D eigenvalue weighted by Crippen LogP contribution is 2.20. The highest BCUT2D eigenvalue weighted by Gasteiger charge is 2.21. The quantitative estimate of drug-likeness (QED) is 0.810. The third-order valence-corrected chi connectivity index (χ3v) is 3.21. The summed E-state index contributed by atoms with van der Waals surface area (Å²) in [5.74, 6) is 0. The molecule has 0 aliphatic heterocycles. The van der Waals surface area contributed by atoms with Gasteiger partial charge in [-0.15, -0.1) is 0 Å². The van der Waals surface area contributed by atoms with Crippen LogP contribution in [0.2, 0.25) is 0 Å². The zero-order valence-corrected chi connectivity index (χ0v) is 9.63. The van der Waals surface area contributed by atoms with E-state index in [1.54, 1.807) is 18.6 Å². The standard InChI is InChI=1S/C12H19N3O/c1-9(12-8-13-6-7-14-12)15-10-2-4-11(16)5-3-10/h6-11,15-16H,2-5H2,1H3. The first kappa shape index (κ1) is 11.5. The molecule has 1 aromatic rings. The number of aliphatic hydroxyl groups is 1. The number of nitrogens with one attached hydrogen (secondary N) is 1. The normalized spacial score (nSPS) is 27.6. The highest BCUT2D eigenvalue weighted by atomic mass is 16.3. The predicted octanol–water partition coefficient (Wildman–Crippen LogP) is 1.43. The van der Waals surface area contributed by atoms with Crippen molar-refractivity contribution in [3.05, 3.63) is 24.3 Å². The summed E-state index contributed by atoms with van der Waals surface area (Å²) in [6.45, 7) is 2.11. The molecule has 0 bridgehead atoms. The molecular weight excluding hydrogens is 202 g/mol. The van der Waals surface area contributed by atoms with Crippen LogP contribution in [0.4, 0.5) is 0 Å². The van der Waals surface area contributed by atoms with Crippen LogP contribution in [0.5, 0.6) is 0 Å². The summed E-state index contributed by atoms with van der Waals surface area (Å²) in [7, 11) is 0. The zero-order chi connectivity index (χ0) is 11.4. The average Bonchev–Trinajstić information content (AvgIpc) is 2.33. The van der Waals surface area contributed by atoms with Crippen molar-refractivity contribution >= 4 is 0 Å². The first-order valence-electron chi connectivity index (χ1n) is 5.95. The lowest BCUT2D eigenvalue weighted by Gasteiger charge is -2.28. The van der Waals surface area contributed by atoms with Crippen molar-refractivity contribution in [2.75, 3.05) is 0 Å². The highest BCUT2D eigenvalue weighted by molar-refractivity contribution is 5.01. The van der Waals surface area contributed by atoms with E-state index >= 15 is 0 Å². The van der Waals surface area contributed by atoms with Gasteiger partial charge in [0.1, 0.15) is 0 Å². The van der Waals surface area contributed by atoms with Crippen molar-refractivity contribution in [1.29, 1.82) is 0 Å². The van der Waals surface area contributed by atoms with Gasteiger partial charge in [-0.05, 0) is 32.6 Å². The molecular formula is C12H19N3O. The number of rotatable bonds is 3. The maximum Gasteiger partial charge on any atom is 0.0753 e. The minimum Gasteiger partial charge on any atom is -0.393 e. The Balaban J connectivity index is 1.86. The van der Waals surface area contributed by atoms with E-state index in [1.807, 2.05) is 0 Å². The van der Waals surface area contributed by atoms with Gasteiger partial charge in [0.2, 0.25) is 0 Å². The largest absolute Gasteiger partial charge is 0.393 e. The molecule has 1 atom stereocenters. The SMILES string of the molecule is CC(NC1CCC(O)CC1)c1cnccn1. The number of aliphatic hydroxyl groups excluding tert-OH is 1. The van der Waals surface area contributed by atoms with Crippen LogP contribution in [0.1, 0.15) is 44.3 Å².